The van der Waals surface area contributed by atoms with Crippen molar-refractivity contribution in [3.63, 3.8) is 0 Å². The second-order valence-electron chi connectivity index (χ2n) is 8.71. The van der Waals surface area contributed by atoms with Crippen LogP contribution in [-0.4, -0.2) is 52.8 Å². The van der Waals surface area contributed by atoms with Crippen molar-refractivity contribution in [1.82, 2.24) is 25.6 Å². The van der Waals surface area contributed by atoms with E-state index in [9.17, 15) is 22.8 Å². The Hall–Kier alpha value is -3.62. The summed E-state index contributed by atoms with van der Waals surface area (Å²) in [6.45, 7) is 0.537. The highest BCUT2D eigenvalue weighted by Gasteiger charge is 2.37. The Balaban J connectivity index is 1.58. The van der Waals surface area contributed by atoms with Crippen LogP contribution in [0.3, 0.4) is 0 Å². The number of nitrogens with two attached hydrogens (primary N) is 2. The standard InChI is InChI=1S/C23H28ClF3N8O3/c1-12(16-4-3-7-30-19(16)24)38-22(37)34-20(35(2)29)18(28)17-6-5-14(10-31-17)33-21(36)13-8-15(9-13)32-11-23(25,26)27/h3-7,10,12-13,15,32H,8-9,11,28-29H2,1-2H3,(H,33,36)(H,34,37)/b20-18-/t12-,13?,15?/m1/s1. The molecule has 2 aromatic rings. The van der Waals surface area contributed by atoms with E-state index in [0.29, 0.717) is 24.1 Å². The molecule has 1 aliphatic carbocycles. The summed E-state index contributed by atoms with van der Waals surface area (Å²) in [5.41, 5.74) is 7.33. The number of nitrogens with zero attached hydrogens (tertiary/aromatic N) is 3. The highest BCUT2D eigenvalue weighted by Crippen LogP contribution is 2.29. The van der Waals surface area contributed by atoms with Gasteiger partial charge in [-0.3, -0.25) is 20.1 Å². The number of alkyl carbamates (subject to hydrolysis) is 1. The van der Waals surface area contributed by atoms with Gasteiger partial charge in [0.15, 0.2) is 5.82 Å². The van der Waals surface area contributed by atoms with Gasteiger partial charge in [-0.2, -0.15) is 13.2 Å². The lowest BCUT2D eigenvalue weighted by atomic mass is 9.79. The third-order valence-corrected chi connectivity index (χ3v) is 6.06. The number of nitrogens with one attached hydrogen (secondary N) is 3. The maximum atomic E-state index is 12.5. The molecule has 2 amide bonds. The molecule has 38 heavy (non-hydrogen) atoms. The number of hydrogen-bond acceptors (Lipinski definition) is 9. The minimum absolute atomic E-state index is 0.00985. The smallest absolute Gasteiger partial charge is 0.413 e. The Labute approximate surface area is 221 Å². The van der Waals surface area contributed by atoms with Crippen LogP contribution in [0, 0.1) is 5.92 Å². The molecule has 3 rings (SSSR count). The molecule has 7 N–H and O–H groups in total. The van der Waals surface area contributed by atoms with Crippen molar-refractivity contribution in [2.45, 2.75) is 38.1 Å². The van der Waals surface area contributed by atoms with E-state index in [1.54, 1.807) is 25.1 Å². The number of hydrazine groups is 1. The number of amides is 2. The maximum Gasteiger partial charge on any atom is 0.413 e. The molecule has 11 nitrogen and oxygen atoms in total. The number of anilines is 1. The highest BCUT2D eigenvalue weighted by atomic mass is 35.5. The molecule has 1 fully saturated rings. The van der Waals surface area contributed by atoms with Gasteiger partial charge in [-0.1, -0.05) is 17.7 Å². The Kier molecular flexibility index (Phi) is 9.36. The molecule has 0 bridgehead atoms. The van der Waals surface area contributed by atoms with Crippen molar-refractivity contribution >= 4 is 35.0 Å². The summed E-state index contributed by atoms with van der Waals surface area (Å²) in [4.78, 5) is 33.0. The third kappa shape index (κ3) is 7.94. The zero-order valence-corrected chi connectivity index (χ0v) is 21.3. The van der Waals surface area contributed by atoms with Gasteiger partial charge < -0.3 is 21.1 Å². The fourth-order valence-electron chi connectivity index (χ4n) is 3.65. The second-order valence-corrected chi connectivity index (χ2v) is 9.07. The number of pyridine rings is 2. The number of carbonyl (C=O) groups excluding carboxylic acids is 2. The van der Waals surface area contributed by atoms with Gasteiger partial charge in [-0.15, -0.1) is 0 Å². The molecular formula is C23H28ClF3N8O3. The van der Waals surface area contributed by atoms with E-state index in [4.69, 9.17) is 27.9 Å². The topological polar surface area (TPSA) is 161 Å². The van der Waals surface area contributed by atoms with Gasteiger partial charge in [0, 0.05) is 30.8 Å². The van der Waals surface area contributed by atoms with Crippen molar-refractivity contribution in [2.75, 3.05) is 18.9 Å². The summed E-state index contributed by atoms with van der Waals surface area (Å²) < 4.78 is 42.2. The maximum absolute atomic E-state index is 12.5. The molecule has 206 valence electrons. The minimum atomic E-state index is -4.29. The normalized spacial score (nSPS) is 18.5. The average molecular weight is 557 g/mol. The number of halogens is 4. The summed E-state index contributed by atoms with van der Waals surface area (Å²) >= 11 is 6.04. The van der Waals surface area contributed by atoms with Crippen molar-refractivity contribution in [1.29, 1.82) is 0 Å². The molecule has 0 spiro atoms. The predicted octanol–water partition coefficient (Wildman–Crippen LogP) is 2.88. The van der Waals surface area contributed by atoms with Gasteiger partial charge in [0.05, 0.1) is 24.1 Å². The Morgan fingerprint density at radius 2 is 1.97 bits per heavy atom. The van der Waals surface area contributed by atoms with Gasteiger partial charge in [-0.25, -0.2) is 15.6 Å². The summed E-state index contributed by atoms with van der Waals surface area (Å²) in [7, 11) is 1.45. The number of alkyl halides is 3. The lowest BCUT2D eigenvalue weighted by molar-refractivity contribution is -0.130. The van der Waals surface area contributed by atoms with Crippen LogP contribution < -0.4 is 27.5 Å². The van der Waals surface area contributed by atoms with E-state index in [2.05, 4.69) is 25.9 Å². The largest absolute Gasteiger partial charge is 0.441 e. The lowest BCUT2D eigenvalue weighted by Crippen LogP contribution is -2.48. The van der Waals surface area contributed by atoms with Gasteiger partial charge >= 0.3 is 12.3 Å². The van der Waals surface area contributed by atoms with E-state index in [0.717, 1.165) is 5.01 Å². The SMILES string of the molecule is C[C@@H](OC(=O)N/C(=C(/N)c1ccc(NC(=O)C2CC(NCC(F)(F)F)C2)cn1)N(C)N)c1cccnc1Cl. The number of carbonyl (C=O) groups is 2. The van der Waals surface area contributed by atoms with Crippen LogP contribution in [0.1, 0.15) is 37.1 Å². The first kappa shape index (κ1) is 28.9. The quantitative estimate of drug-likeness (QED) is 0.178. The first-order chi connectivity index (χ1) is 17.8. The van der Waals surface area contributed by atoms with Gasteiger partial charge in [0.25, 0.3) is 0 Å². The van der Waals surface area contributed by atoms with Crippen LogP contribution in [0.15, 0.2) is 42.5 Å². The number of rotatable bonds is 9. The van der Waals surface area contributed by atoms with E-state index in [1.807, 2.05) is 0 Å². The molecule has 0 radical (unpaired) electrons. The second kappa shape index (κ2) is 12.3. The van der Waals surface area contributed by atoms with Crippen molar-refractivity contribution in [2.24, 2.45) is 17.5 Å². The average Bonchev–Trinajstić information content (AvgIpc) is 2.81. The van der Waals surface area contributed by atoms with Crippen molar-refractivity contribution in [3.8, 4) is 0 Å². The molecule has 1 saturated carbocycles. The molecule has 0 unspecified atom stereocenters. The Bertz CT molecular complexity index is 1170. The number of hydrogen-bond donors (Lipinski definition) is 5. The molecular weight excluding hydrogens is 529 g/mol. The monoisotopic (exact) mass is 556 g/mol. The van der Waals surface area contributed by atoms with Gasteiger partial charge in [0.1, 0.15) is 17.0 Å². The van der Waals surface area contributed by atoms with E-state index in [-0.39, 0.29) is 34.3 Å². The van der Waals surface area contributed by atoms with Gasteiger partial charge in [0.2, 0.25) is 5.91 Å². The van der Waals surface area contributed by atoms with Crippen LogP contribution in [-0.2, 0) is 9.53 Å². The van der Waals surface area contributed by atoms with E-state index >= 15 is 0 Å². The lowest BCUT2D eigenvalue weighted by Gasteiger charge is -2.35. The molecule has 0 aliphatic heterocycles. The molecule has 2 heterocycles. The zero-order valence-electron chi connectivity index (χ0n) is 20.6. The van der Waals surface area contributed by atoms with Crippen LogP contribution >= 0.6 is 11.6 Å². The Morgan fingerprint density at radius 1 is 1.26 bits per heavy atom. The van der Waals surface area contributed by atoms with Crippen molar-refractivity contribution < 1.29 is 27.5 Å². The van der Waals surface area contributed by atoms with Crippen LogP contribution in [0.5, 0.6) is 0 Å². The van der Waals surface area contributed by atoms with Gasteiger partial charge in [-0.05, 0) is 38.0 Å². The molecule has 1 aliphatic rings. The summed E-state index contributed by atoms with van der Waals surface area (Å²) in [6, 6.07) is 6.03. The molecule has 2 aromatic heterocycles. The fraction of sp³-hybridized carbons (Fsp3) is 0.391. The molecule has 0 saturated heterocycles. The molecule has 0 aromatic carbocycles. The zero-order chi connectivity index (χ0) is 28.0. The van der Waals surface area contributed by atoms with E-state index < -0.39 is 30.8 Å². The molecule has 15 heteroatoms. The minimum Gasteiger partial charge on any atom is -0.441 e. The first-order valence-electron chi connectivity index (χ1n) is 11.5. The first-order valence-corrected chi connectivity index (χ1v) is 11.9. The Morgan fingerprint density at radius 3 is 2.55 bits per heavy atom. The molecule has 1 atom stereocenters. The summed E-state index contributed by atoms with van der Waals surface area (Å²) in [5.74, 6) is 5.13. The van der Waals surface area contributed by atoms with Crippen molar-refractivity contribution in [3.05, 3.63) is 58.9 Å². The van der Waals surface area contributed by atoms with Crippen LogP contribution in [0.2, 0.25) is 5.15 Å². The summed E-state index contributed by atoms with van der Waals surface area (Å²) in [6.07, 6.45) is -2.37. The fourth-order valence-corrected chi connectivity index (χ4v) is 3.92. The van der Waals surface area contributed by atoms with Crippen LogP contribution in [0.25, 0.3) is 5.70 Å². The summed E-state index contributed by atoms with van der Waals surface area (Å²) in [5, 5.41) is 8.82. The predicted molar refractivity (Wildman–Crippen MR) is 134 cm³/mol. The third-order valence-electron chi connectivity index (χ3n) is 5.75. The number of aromatic nitrogens is 2. The number of ether oxygens (including phenoxy) is 1. The van der Waals surface area contributed by atoms with E-state index in [1.165, 1.54) is 25.5 Å². The highest BCUT2D eigenvalue weighted by molar-refractivity contribution is 6.30. The van der Waals surface area contributed by atoms with Crippen LogP contribution in [0.4, 0.5) is 23.7 Å².